The minimum atomic E-state index is -0.0518. The molecule has 0 saturated carbocycles. The van der Waals surface area contributed by atoms with E-state index in [0.717, 1.165) is 22.3 Å². The van der Waals surface area contributed by atoms with Crippen molar-refractivity contribution in [3.05, 3.63) is 102 Å². The number of carbonyl (C=O) groups excluding carboxylic acids is 1. The zero-order valence-electron chi connectivity index (χ0n) is 16.5. The van der Waals surface area contributed by atoms with Crippen molar-refractivity contribution in [3.8, 4) is 0 Å². The molecule has 1 amide bonds. The number of aromatic nitrogens is 1. The third-order valence-electron chi connectivity index (χ3n) is 5.10. The molecule has 144 valence electrons. The van der Waals surface area contributed by atoms with Crippen LogP contribution in [0.5, 0.6) is 0 Å². The van der Waals surface area contributed by atoms with Gasteiger partial charge in [0, 0.05) is 36.6 Å². The number of amides is 1. The molecule has 1 aromatic heterocycles. The average Bonchev–Trinajstić information content (AvgIpc) is 2.78. The normalized spacial score (nSPS) is 11.8. The molecule has 4 aromatic rings. The minimum absolute atomic E-state index is 0.0518. The SMILES string of the molecule is C[C@H](Nc1cc(N(C)C(=O)c2ccc3ccccc3c2)ccn1)c1ccccc1. The van der Waals surface area contributed by atoms with Crippen molar-refractivity contribution in [3.63, 3.8) is 0 Å². The fraction of sp³-hybridized carbons (Fsp3) is 0.120. The van der Waals surface area contributed by atoms with Crippen molar-refractivity contribution in [2.75, 3.05) is 17.3 Å². The van der Waals surface area contributed by atoms with Gasteiger partial charge in [-0.25, -0.2) is 4.98 Å². The lowest BCUT2D eigenvalue weighted by Crippen LogP contribution is -2.26. The molecule has 3 aromatic carbocycles. The van der Waals surface area contributed by atoms with Crippen LogP contribution in [0.15, 0.2) is 91.1 Å². The summed E-state index contributed by atoms with van der Waals surface area (Å²) in [6, 6.07) is 27.9. The predicted molar refractivity (Wildman–Crippen MR) is 119 cm³/mol. The molecule has 4 nitrogen and oxygen atoms in total. The summed E-state index contributed by atoms with van der Waals surface area (Å²) < 4.78 is 0. The number of benzene rings is 3. The van der Waals surface area contributed by atoms with Gasteiger partial charge in [0.2, 0.25) is 0 Å². The molecule has 1 atom stereocenters. The van der Waals surface area contributed by atoms with Gasteiger partial charge in [0.05, 0.1) is 0 Å². The van der Waals surface area contributed by atoms with Gasteiger partial charge in [-0.3, -0.25) is 4.79 Å². The van der Waals surface area contributed by atoms with Gasteiger partial charge in [0.1, 0.15) is 5.82 Å². The van der Waals surface area contributed by atoms with Gasteiger partial charge in [0.25, 0.3) is 5.91 Å². The first-order chi connectivity index (χ1) is 14.1. The highest BCUT2D eigenvalue weighted by Gasteiger charge is 2.15. The molecule has 0 fully saturated rings. The number of nitrogens with zero attached hydrogens (tertiary/aromatic N) is 2. The van der Waals surface area contributed by atoms with E-state index in [1.165, 1.54) is 5.56 Å². The van der Waals surface area contributed by atoms with Crippen molar-refractivity contribution in [2.24, 2.45) is 0 Å². The lowest BCUT2D eigenvalue weighted by atomic mass is 10.1. The average molecular weight is 381 g/mol. The fourth-order valence-electron chi connectivity index (χ4n) is 3.39. The van der Waals surface area contributed by atoms with E-state index in [4.69, 9.17) is 0 Å². The van der Waals surface area contributed by atoms with E-state index >= 15 is 0 Å². The van der Waals surface area contributed by atoms with Crippen molar-refractivity contribution in [1.29, 1.82) is 0 Å². The van der Waals surface area contributed by atoms with Crippen LogP contribution in [0.25, 0.3) is 10.8 Å². The zero-order valence-corrected chi connectivity index (χ0v) is 16.5. The van der Waals surface area contributed by atoms with Gasteiger partial charge in [-0.1, -0.05) is 60.7 Å². The van der Waals surface area contributed by atoms with Crippen LogP contribution in [0.1, 0.15) is 28.9 Å². The topological polar surface area (TPSA) is 45.2 Å². The monoisotopic (exact) mass is 381 g/mol. The number of nitrogens with one attached hydrogen (secondary N) is 1. The van der Waals surface area contributed by atoms with E-state index in [1.807, 2.05) is 72.8 Å². The lowest BCUT2D eigenvalue weighted by Gasteiger charge is -2.20. The Labute approximate surface area is 170 Å². The second-order valence-corrected chi connectivity index (χ2v) is 7.10. The van der Waals surface area contributed by atoms with Crippen LogP contribution >= 0.6 is 0 Å². The first kappa shape index (κ1) is 18.7. The highest BCUT2D eigenvalue weighted by Crippen LogP contribution is 2.23. The Bertz CT molecular complexity index is 1140. The van der Waals surface area contributed by atoms with E-state index < -0.39 is 0 Å². The smallest absolute Gasteiger partial charge is 0.258 e. The molecule has 4 heteroatoms. The summed E-state index contributed by atoms with van der Waals surface area (Å²) in [5.41, 5.74) is 2.64. The number of anilines is 2. The highest BCUT2D eigenvalue weighted by atomic mass is 16.2. The molecular weight excluding hydrogens is 358 g/mol. The van der Waals surface area contributed by atoms with Crippen LogP contribution in [0.4, 0.5) is 11.5 Å². The Kier molecular flexibility index (Phi) is 5.25. The Balaban J connectivity index is 1.54. The first-order valence-electron chi connectivity index (χ1n) is 9.66. The maximum Gasteiger partial charge on any atom is 0.258 e. The minimum Gasteiger partial charge on any atom is -0.363 e. The van der Waals surface area contributed by atoms with Crippen LogP contribution in [-0.4, -0.2) is 17.9 Å². The number of rotatable bonds is 5. The van der Waals surface area contributed by atoms with Crippen molar-refractivity contribution in [2.45, 2.75) is 13.0 Å². The Morgan fingerprint density at radius 1 is 0.897 bits per heavy atom. The third kappa shape index (κ3) is 4.11. The van der Waals surface area contributed by atoms with E-state index in [-0.39, 0.29) is 11.9 Å². The second kappa shape index (κ2) is 8.15. The molecule has 4 rings (SSSR count). The van der Waals surface area contributed by atoms with Crippen molar-refractivity contribution >= 4 is 28.2 Å². The molecule has 0 unspecified atom stereocenters. The van der Waals surface area contributed by atoms with E-state index in [0.29, 0.717) is 5.56 Å². The fourth-order valence-corrected chi connectivity index (χ4v) is 3.39. The summed E-state index contributed by atoms with van der Waals surface area (Å²) in [5, 5.41) is 5.59. The van der Waals surface area contributed by atoms with Gasteiger partial charge in [-0.05, 0) is 41.5 Å². The van der Waals surface area contributed by atoms with Gasteiger partial charge in [0.15, 0.2) is 0 Å². The summed E-state index contributed by atoms with van der Waals surface area (Å²) in [7, 11) is 1.79. The van der Waals surface area contributed by atoms with E-state index in [9.17, 15) is 4.79 Å². The van der Waals surface area contributed by atoms with E-state index in [2.05, 4.69) is 29.4 Å². The van der Waals surface area contributed by atoms with Crippen molar-refractivity contribution < 1.29 is 4.79 Å². The maximum absolute atomic E-state index is 13.0. The van der Waals surface area contributed by atoms with Crippen LogP contribution in [0.2, 0.25) is 0 Å². The number of carbonyl (C=O) groups is 1. The van der Waals surface area contributed by atoms with Gasteiger partial charge in [-0.2, -0.15) is 0 Å². The quantitative estimate of drug-likeness (QED) is 0.483. The Hall–Kier alpha value is -3.66. The number of pyridine rings is 1. The van der Waals surface area contributed by atoms with E-state index in [1.54, 1.807) is 18.1 Å². The lowest BCUT2D eigenvalue weighted by molar-refractivity contribution is 0.0993. The van der Waals surface area contributed by atoms with Crippen LogP contribution in [0, 0.1) is 0 Å². The predicted octanol–water partition coefficient (Wildman–Crippen LogP) is 5.68. The molecular formula is C25H23N3O. The largest absolute Gasteiger partial charge is 0.363 e. The molecule has 1 heterocycles. The number of hydrogen-bond donors (Lipinski definition) is 1. The second-order valence-electron chi connectivity index (χ2n) is 7.10. The highest BCUT2D eigenvalue weighted by molar-refractivity contribution is 6.07. The molecule has 0 radical (unpaired) electrons. The standard InChI is InChI=1S/C25H23N3O/c1-18(19-8-4-3-5-9-19)27-24-17-23(14-15-26-24)28(2)25(29)22-13-12-20-10-6-7-11-21(20)16-22/h3-18H,1-2H3,(H,26,27)/t18-/m0/s1. The van der Waals surface area contributed by atoms with Crippen LogP contribution in [0.3, 0.4) is 0 Å². The Morgan fingerprint density at radius 3 is 2.41 bits per heavy atom. The van der Waals surface area contributed by atoms with Gasteiger partial charge < -0.3 is 10.2 Å². The number of hydrogen-bond acceptors (Lipinski definition) is 3. The van der Waals surface area contributed by atoms with Gasteiger partial charge >= 0.3 is 0 Å². The zero-order chi connectivity index (χ0) is 20.2. The molecule has 0 aliphatic heterocycles. The third-order valence-corrected chi connectivity index (χ3v) is 5.10. The summed E-state index contributed by atoms with van der Waals surface area (Å²) >= 11 is 0. The van der Waals surface area contributed by atoms with Crippen LogP contribution < -0.4 is 10.2 Å². The molecule has 0 spiro atoms. The molecule has 0 saturated heterocycles. The molecule has 29 heavy (non-hydrogen) atoms. The van der Waals surface area contributed by atoms with Crippen LogP contribution in [-0.2, 0) is 0 Å². The maximum atomic E-state index is 13.0. The van der Waals surface area contributed by atoms with Gasteiger partial charge in [-0.15, -0.1) is 0 Å². The molecule has 0 aliphatic rings. The summed E-state index contributed by atoms with van der Waals surface area (Å²) in [6.45, 7) is 2.09. The summed E-state index contributed by atoms with van der Waals surface area (Å²) in [5.74, 6) is 0.682. The molecule has 0 aliphatic carbocycles. The molecule has 1 N–H and O–H groups in total. The molecule has 0 bridgehead atoms. The van der Waals surface area contributed by atoms with Crippen molar-refractivity contribution in [1.82, 2.24) is 4.98 Å². The number of fused-ring (bicyclic) bond motifs is 1. The Morgan fingerprint density at radius 2 is 1.62 bits per heavy atom. The first-order valence-corrected chi connectivity index (χ1v) is 9.66. The summed E-state index contributed by atoms with van der Waals surface area (Å²) in [4.78, 5) is 19.1. The summed E-state index contributed by atoms with van der Waals surface area (Å²) in [6.07, 6.45) is 1.72.